The smallest absolute Gasteiger partial charge is 0.299 e. The molecule has 4 nitrogen and oxygen atoms in total. The van der Waals surface area contributed by atoms with E-state index in [0.29, 0.717) is 24.7 Å². The van der Waals surface area contributed by atoms with Crippen LogP contribution in [0.15, 0.2) is 16.3 Å². The monoisotopic (exact) mass is 431 g/mol. The van der Waals surface area contributed by atoms with E-state index in [0.717, 1.165) is 40.7 Å². The second kappa shape index (κ2) is 7.38. The molecule has 2 aliphatic heterocycles. The van der Waals surface area contributed by atoms with Crippen LogP contribution in [-0.4, -0.2) is 34.7 Å². The Hall–Kier alpha value is -1.85. The van der Waals surface area contributed by atoms with E-state index >= 15 is 0 Å². The van der Waals surface area contributed by atoms with Crippen molar-refractivity contribution in [2.24, 2.45) is 16.8 Å². The summed E-state index contributed by atoms with van der Waals surface area (Å²) >= 11 is 1.82. The highest BCUT2D eigenvalue weighted by molar-refractivity contribution is 7.11. The van der Waals surface area contributed by atoms with Crippen molar-refractivity contribution in [3.8, 4) is 0 Å². The molecule has 2 saturated carbocycles. The zero-order valence-electron chi connectivity index (χ0n) is 17.8. The van der Waals surface area contributed by atoms with Crippen molar-refractivity contribution in [3.05, 3.63) is 26.8 Å². The fourth-order valence-corrected chi connectivity index (χ4v) is 6.47. The topological polar surface area (TPSA) is 51.4 Å². The Bertz CT molecular complexity index is 989. The minimum Gasteiger partial charge on any atom is -0.346 e. The Morgan fingerprint density at radius 3 is 2.50 bits per heavy atom. The summed E-state index contributed by atoms with van der Waals surface area (Å²) in [6, 6.07) is 0.0859. The molecule has 3 unspecified atom stereocenters. The maximum atomic E-state index is 13.6. The van der Waals surface area contributed by atoms with Gasteiger partial charge in [0.15, 0.2) is 0 Å². The van der Waals surface area contributed by atoms with Crippen LogP contribution in [0.2, 0.25) is 0 Å². The third-order valence-corrected chi connectivity index (χ3v) is 8.43. The van der Waals surface area contributed by atoms with Crippen molar-refractivity contribution in [1.82, 2.24) is 15.0 Å². The van der Waals surface area contributed by atoms with Gasteiger partial charge < -0.3 is 5.32 Å². The Balaban J connectivity index is 1.31. The number of nitrogens with zero attached hydrogens (tertiary/aromatic N) is 3. The van der Waals surface area contributed by atoms with Gasteiger partial charge in [-0.3, -0.25) is 4.99 Å². The molecule has 7 heteroatoms. The number of aliphatic imine (C=N–C) groups is 1. The average molecular weight is 432 g/mol. The van der Waals surface area contributed by atoms with Gasteiger partial charge in [0.05, 0.1) is 34.7 Å². The number of rotatable bonds is 3. The summed E-state index contributed by atoms with van der Waals surface area (Å²) in [6.45, 7) is 6.31. The highest BCUT2D eigenvalue weighted by Crippen LogP contribution is 2.47. The van der Waals surface area contributed by atoms with Gasteiger partial charge in [0, 0.05) is 35.3 Å². The maximum absolute atomic E-state index is 13.6. The van der Waals surface area contributed by atoms with Crippen molar-refractivity contribution in [3.63, 3.8) is 0 Å². The van der Waals surface area contributed by atoms with Crippen LogP contribution in [-0.2, 0) is 0 Å². The van der Waals surface area contributed by atoms with Crippen molar-refractivity contribution >= 4 is 29.1 Å². The molecule has 4 aliphatic rings. The zero-order valence-corrected chi connectivity index (χ0v) is 18.7. The first-order valence-electron chi connectivity index (χ1n) is 11.1. The van der Waals surface area contributed by atoms with Gasteiger partial charge in [-0.25, -0.2) is 13.8 Å². The first-order valence-corrected chi connectivity index (χ1v) is 11.9. The van der Waals surface area contributed by atoms with Crippen LogP contribution >= 0.6 is 11.3 Å². The van der Waals surface area contributed by atoms with Gasteiger partial charge in [-0.05, 0) is 46.5 Å². The lowest BCUT2D eigenvalue weighted by Crippen LogP contribution is -2.45. The lowest BCUT2D eigenvalue weighted by molar-refractivity contribution is -0.0395. The van der Waals surface area contributed by atoms with Gasteiger partial charge in [0.1, 0.15) is 5.84 Å². The summed E-state index contributed by atoms with van der Waals surface area (Å²) in [7, 11) is 0. The van der Waals surface area contributed by atoms with Crippen LogP contribution in [0.4, 0.5) is 8.78 Å². The highest BCUT2D eigenvalue weighted by Gasteiger charge is 2.43. The molecule has 160 valence electrons. The number of aryl methyl sites for hydroxylation is 2. The molecule has 0 spiro atoms. The number of nitrogens with one attached hydrogen (secondary N) is 1. The molecule has 30 heavy (non-hydrogen) atoms. The third-order valence-electron chi connectivity index (χ3n) is 7.23. The molecule has 0 radical (unpaired) electrons. The Morgan fingerprint density at radius 1 is 1.13 bits per heavy atom. The Labute approximate surface area is 180 Å². The Kier molecular flexibility index (Phi) is 4.94. The van der Waals surface area contributed by atoms with Gasteiger partial charge in [-0.1, -0.05) is 0 Å². The van der Waals surface area contributed by atoms with Crippen LogP contribution in [0.1, 0.15) is 73.4 Å². The summed E-state index contributed by atoms with van der Waals surface area (Å²) in [5, 5.41) is 4.78. The summed E-state index contributed by atoms with van der Waals surface area (Å²) in [5.41, 5.74) is 4.54. The number of aromatic nitrogens is 1. The summed E-state index contributed by atoms with van der Waals surface area (Å²) in [6.07, 6.45) is 6.02. The first-order chi connectivity index (χ1) is 14.3. The molecule has 2 fully saturated rings. The average Bonchev–Trinajstić information content (AvgIpc) is 2.98. The molecule has 3 heterocycles. The van der Waals surface area contributed by atoms with E-state index < -0.39 is 5.92 Å². The van der Waals surface area contributed by atoms with Crippen molar-refractivity contribution in [1.29, 1.82) is 0 Å². The zero-order chi connectivity index (χ0) is 21.0. The molecule has 0 aromatic carbocycles. The number of alkyl halides is 2. The largest absolute Gasteiger partial charge is 0.346 e. The molecule has 1 aromatic heterocycles. The van der Waals surface area contributed by atoms with Gasteiger partial charge >= 0.3 is 0 Å². The van der Waals surface area contributed by atoms with Crippen molar-refractivity contribution < 1.29 is 8.78 Å². The normalized spacial score (nSPS) is 30.9. The lowest BCUT2D eigenvalue weighted by atomic mass is 9.71. The predicted molar refractivity (Wildman–Crippen MR) is 119 cm³/mol. The second-order valence-electron chi connectivity index (χ2n) is 9.28. The minimum absolute atomic E-state index is 0.0174. The molecule has 1 N–H and O–H groups in total. The van der Waals surface area contributed by atoms with E-state index in [1.807, 2.05) is 17.6 Å². The van der Waals surface area contributed by atoms with E-state index in [1.54, 1.807) is 0 Å². The number of allylic oxidation sites excluding steroid dienone is 1. The van der Waals surface area contributed by atoms with Gasteiger partial charge in [-0.15, -0.1) is 16.0 Å². The molecular weight excluding hydrogens is 402 g/mol. The predicted octanol–water partition coefficient (Wildman–Crippen LogP) is 4.71. The fraction of sp³-hybridized carbons (Fsp3) is 0.652. The number of hydrogen-bond donors (Lipinski definition) is 1. The third kappa shape index (κ3) is 3.56. The van der Waals surface area contributed by atoms with Gasteiger partial charge in [0.25, 0.3) is 11.9 Å². The minimum atomic E-state index is -2.50. The number of halogens is 2. The van der Waals surface area contributed by atoms with Crippen LogP contribution in [0, 0.1) is 25.7 Å². The van der Waals surface area contributed by atoms with E-state index in [9.17, 15) is 8.78 Å². The number of hydrogen-bond acceptors (Lipinski definition) is 4. The highest BCUT2D eigenvalue weighted by atomic mass is 32.1. The first kappa shape index (κ1) is 20.1. The molecule has 5 rings (SSSR count). The standard InChI is InChI=1S/C23H28F2N4S/c1-12-18-11-26-19(15-6-8-23(24,25)9-7-15)10-20(18)29-22(28-12)17-5-4-16(17)21-13(2)27-14(3)30-21/h11-12,15-17H,4-10H2,1-3H3/p+1. The second-order valence-corrected chi connectivity index (χ2v) is 10.5. The van der Waals surface area contributed by atoms with Gasteiger partial charge in [-0.2, -0.15) is 0 Å². The van der Waals surface area contributed by atoms with Crippen LogP contribution < -0.4 is 9.98 Å². The Morgan fingerprint density at radius 2 is 1.87 bits per heavy atom. The molecule has 0 saturated heterocycles. The lowest BCUT2D eigenvalue weighted by Gasteiger charge is -2.39. The maximum Gasteiger partial charge on any atom is 0.299 e. The fourth-order valence-electron chi connectivity index (χ4n) is 5.34. The van der Waals surface area contributed by atoms with Crippen molar-refractivity contribution in [2.45, 2.75) is 83.6 Å². The van der Waals surface area contributed by atoms with Crippen molar-refractivity contribution in [2.75, 3.05) is 0 Å². The molecule has 0 amide bonds. The SMILES string of the molecule is Cc1nc(C)c(C2CCC2C2=NC(C)C3=C(CC(C4CCC(F)(F)CC4)=[N+]=C3)N2)s1. The van der Waals surface area contributed by atoms with E-state index in [1.165, 1.54) is 17.0 Å². The van der Waals surface area contributed by atoms with E-state index in [4.69, 9.17) is 4.99 Å². The van der Waals surface area contributed by atoms with Crippen LogP contribution in [0.25, 0.3) is 0 Å². The molecule has 1 aromatic rings. The summed E-state index contributed by atoms with van der Waals surface area (Å²) in [5.74, 6) is -0.320. The van der Waals surface area contributed by atoms with Crippen LogP contribution in [0.3, 0.4) is 0 Å². The molecular formula is C23H29F2N4S+. The molecule has 0 bridgehead atoms. The molecule has 2 aliphatic carbocycles. The summed E-state index contributed by atoms with van der Waals surface area (Å²) < 4.78 is 31.8. The van der Waals surface area contributed by atoms with Crippen LogP contribution in [0.5, 0.6) is 0 Å². The number of amidine groups is 1. The van der Waals surface area contributed by atoms with E-state index in [2.05, 4.69) is 35.7 Å². The quantitative estimate of drug-likeness (QED) is 0.705. The summed E-state index contributed by atoms with van der Waals surface area (Å²) in [4.78, 5) is 11.0. The van der Waals surface area contributed by atoms with E-state index in [-0.39, 0.29) is 24.8 Å². The van der Waals surface area contributed by atoms with Gasteiger partial charge in [0.2, 0.25) is 5.92 Å². The number of thiazole rings is 1. The molecule has 3 atom stereocenters.